The maximum atomic E-state index is 12.0. The Morgan fingerprint density at radius 1 is 1.04 bits per heavy atom. The zero-order valence-corrected chi connectivity index (χ0v) is 12.5. The zero-order valence-electron chi connectivity index (χ0n) is 12.5. The van der Waals surface area contributed by atoms with E-state index in [2.05, 4.69) is 15.8 Å². The third kappa shape index (κ3) is 3.83. The van der Waals surface area contributed by atoms with E-state index in [1.807, 2.05) is 30.3 Å². The van der Waals surface area contributed by atoms with Gasteiger partial charge in [0.2, 0.25) is 0 Å². The van der Waals surface area contributed by atoms with E-state index < -0.39 is 0 Å². The number of nitrogens with zero attached hydrogens (tertiary/aromatic N) is 1. The van der Waals surface area contributed by atoms with Crippen molar-refractivity contribution in [1.82, 2.24) is 15.8 Å². The van der Waals surface area contributed by atoms with Crippen LogP contribution in [0.5, 0.6) is 0 Å². The van der Waals surface area contributed by atoms with E-state index >= 15 is 0 Å². The Kier molecular flexibility index (Phi) is 4.47. The van der Waals surface area contributed by atoms with Crippen LogP contribution in [-0.4, -0.2) is 16.7 Å². The van der Waals surface area contributed by atoms with Crippen molar-refractivity contribution in [2.45, 2.75) is 18.8 Å². The molecule has 1 aromatic heterocycles. The van der Waals surface area contributed by atoms with Gasteiger partial charge in [0.25, 0.3) is 5.91 Å². The molecule has 0 radical (unpaired) electrons. The molecule has 2 aromatic rings. The number of amides is 1. The van der Waals surface area contributed by atoms with Gasteiger partial charge in [-0.1, -0.05) is 30.3 Å². The molecule has 5 nitrogen and oxygen atoms in total. The van der Waals surface area contributed by atoms with E-state index in [1.165, 1.54) is 0 Å². The van der Waals surface area contributed by atoms with Crippen molar-refractivity contribution in [3.63, 3.8) is 0 Å². The summed E-state index contributed by atoms with van der Waals surface area (Å²) >= 11 is 0. The fourth-order valence-corrected chi connectivity index (χ4v) is 2.65. The molecule has 1 atom stereocenters. The van der Waals surface area contributed by atoms with Crippen LogP contribution in [0.2, 0.25) is 0 Å². The van der Waals surface area contributed by atoms with Crippen molar-refractivity contribution in [1.29, 1.82) is 0 Å². The first-order valence-corrected chi connectivity index (χ1v) is 7.47. The third-order valence-electron chi connectivity index (χ3n) is 3.80. The highest BCUT2D eigenvalue weighted by atomic mass is 16.2. The van der Waals surface area contributed by atoms with Crippen LogP contribution in [0.4, 0.5) is 0 Å². The molecule has 0 fully saturated rings. The van der Waals surface area contributed by atoms with E-state index in [-0.39, 0.29) is 17.6 Å². The molecule has 2 N–H and O–H groups in total. The van der Waals surface area contributed by atoms with Gasteiger partial charge in [0.15, 0.2) is 5.78 Å². The summed E-state index contributed by atoms with van der Waals surface area (Å²) in [4.78, 5) is 27.8. The van der Waals surface area contributed by atoms with E-state index in [9.17, 15) is 9.59 Å². The highest BCUT2D eigenvalue weighted by Gasteiger charge is 2.22. The Bertz CT molecular complexity index is 726. The number of hydrogen-bond acceptors (Lipinski definition) is 4. The number of carbonyl (C=O) groups excluding carboxylic acids is 2. The number of pyridine rings is 1. The van der Waals surface area contributed by atoms with Gasteiger partial charge in [-0.15, -0.1) is 0 Å². The number of carbonyl (C=O) groups is 2. The standard InChI is InChI=1S/C18H17N3O2/c22-17-11-15(13-4-2-1-3-5-13)10-16(12-17)20-21-18(23)14-6-8-19-9-7-14/h1-9,12,15,20H,10-11H2,(H,21,23)/t15-/m1/s1. The lowest BCUT2D eigenvalue weighted by Gasteiger charge is -2.23. The number of benzene rings is 1. The highest BCUT2D eigenvalue weighted by Crippen LogP contribution is 2.29. The predicted octanol–water partition coefficient (Wildman–Crippen LogP) is 2.35. The van der Waals surface area contributed by atoms with Crippen LogP contribution in [0.25, 0.3) is 0 Å². The molecule has 0 saturated carbocycles. The monoisotopic (exact) mass is 307 g/mol. The molecule has 116 valence electrons. The second-order valence-corrected chi connectivity index (χ2v) is 5.47. The van der Waals surface area contributed by atoms with Crippen molar-refractivity contribution in [2.75, 3.05) is 0 Å². The largest absolute Gasteiger partial charge is 0.302 e. The summed E-state index contributed by atoms with van der Waals surface area (Å²) in [6.07, 6.45) is 5.86. The van der Waals surface area contributed by atoms with Gasteiger partial charge in [0, 0.05) is 36.2 Å². The quantitative estimate of drug-likeness (QED) is 0.851. The van der Waals surface area contributed by atoms with Crippen LogP contribution in [0.15, 0.2) is 66.6 Å². The van der Waals surface area contributed by atoms with Gasteiger partial charge in [-0.3, -0.25) is 20.0 Å². The summed E-state index contributed by atoms with van der Waals surface area (Å²) in [6, 6.07) is 13.2. The van der Waals surface area contributed by atoms with E-state index in [1.54, 1.807) is 30.6 Å². The summed E-state index contributed by atoms with van der Waals surface area (Å²) in [7, 11) is 0. The van der Waals surface area contributed by atoms with Gasteiger partial charge in [-0.25, -0.2) is 0 Å². The molecule has 1 aliphatic carbocycles. The molecule has 5 heteroatoms. The SMILES string of the molecule is O=C1C=C(NNC(=O)c2ccncc2)C[C@@H](c2ccccc2)C1. The topological polar surface area (TPSA) is 71.1 Å². The lowest BCUT2D eigenvalue weighted by molar-refractivity contribution is -0.115. The van der Waals surface area contributed by atoms with Gasteiger partial charge in [-0.05, 0) is 30.0 Å². The average molecular weight is 307 g/mol. The molecule has 0 saturated heterocycles. The molecule has 1 heterocycles. The summed E-state index contributed by atoms with van der Waals surface area (Å²) in [5.74, 6) is -0.0672. The molecule has 0 unspecified atom stereocenters. The van der Waals surface area contributed by atoms with Gasteiger partial charge in [-0.2, -0.15) is 0 Å². The smallest absolute Gasteiger partial charge is 0.269 e. The molecule has 0 aliphatic heterocycles. The molecule has 1 amide bonds. The fourth-order valence-electron chi connectivity index (χ4n) is 2.65. The zero-order chi connectivity index (χ0) is 16.1. The minimum Gasteiger partial charge on any atom is -0.302 e. The molecule has 1 aliphatic rings. The number of hydrazine groups is 1. The van der Waals surface area contributed by atoms with Crippen molar-refractivity contribution in [3.05, 3.63) is 77.8 Å². The molecule has 1 aromatic carbocycles. The van der Waals surface area contributed by atoms with E-state index in [4.69, 9.17) is 0 Å². The number of allylic oxidation sites excluding steroid dienone is 2. The van der Waals surface area contributed by atoms with Gasteiger partial charge in [0.1, 0.15) is 0 Å². The first-order valence-electron chi connectivity index (χ1n) is 7.47. The van der Waals surface area contributed by atoms with Crippen LogP contribution in [-0.2, 0) is 4.79 Å². The average Bonchev–Trinajstić information content (AvgIpc) is 2.61. The first-order chi connectivity index (χ1) is 11.2. The number of hydrogen-bond donors (Lipinski definition) is 2. The van der Waals surface area contributed by atoms with Crippen molar-refractivity contribution < 1.29 is 9.59 Å². The Balaban J connectivity index is 1.64. The second kappa shape index (κ2) is 6.87. The number of ketones is 1. The second-order valence-electron chi connectivity index (χ2n) is 5.47. The highest BCUT2D eigenvalue weighted by molar-refractivity contribution is 5.94. The minimum atomic E-state index is -0.261. The Morgan fingerprint density at radius 3 is 2.52 bits per heavy atom. The van der Waals surface area contributed by atoms with Crippen LogP contribution in [0, 0.1) is 0 Å². The maximum Gasteiger partial charge on any atom is 0.269 e. The van der Waals surface area contributed by atoms with Crippen molar-refractivity contribution in [3.8, 4) is 0 Å². The van der Waals surface area contributed by atoms with Crippen LogP contribution < -0.4 is 10.9 Å². The predicted molar refractivity (Wildman–Crippen MR) is 86.3 cm³/mol. The van der Waals surface area contributed by atoms with Gasteiger partial charge in [0.05, 0.1) is 0 Å². The van der Waals surface area contributed by atoms with E-state index in [0.717, 1.165) is 11.3 Å². The molecular formula is C18H17N3O2. The fraction of sp³-hybridized carbons (Fsp3) is 0.167. The number of nitrogens with one attached hydrogen (secondary N) is 2. The van der Waals surface area contributed by atoms with Crippen LogP contribution >= 0.6 is 0 Å². The van der Waals surface area contributed by atoms with Crippen LogP contribution in [0.3, 0.4) is 0 Å². The molecule has 0 bridgehead atoms. The maximum absolute atomic E-state index is 12.0. The minimum absolute atomic E-state index is 0.0609. The van der Waals surface area contributed by atoms with Gasteiger partial charge >= 0.3 is 0 Å². The normalized spacial score (nSPS) is 17.3. The summed E-state index contributed by atoms with van der Waals surface area (Å²) < 4.78 is 0. The molecule has 23 heavy (non-hydrogen) atoms. The summed E-state index contributed by atoms with van der Waals surface area (Å²) in [5, 5.41) is 0. The molecule has 0 spiro atoms. The Hall–Kier alpha value is -2.95. The van der Waals surface area contributed by atoms with Crippen LogP contribution in [0.1, 0.15) is 34.7 Å². The summed E-state index contributed by atoms with van der Waals surface area (Å²) in [6.45, 7) is 0. The molecule has 3 rings (SSSR count). The lowest BCUT2D eigenvalue weighted by Crippen LogP contribution is -2.38. The van der Waals surface area contributed by atoms with Gasteiger partial charge < -0.3 is 5.43 Å². The number of rotatable bonds is 4. The first kappa shape index (κ1) is 15.0. The van der Waals surface area contributed by atoms with Crippen molar-refractivity contribution in [2.24, 2.45) is 0 Å². The Morgan fingerprint density at radius 2 is 1.78 bits per heavy atom. The lowest BCUT2D eigenvalue weighted by atomic mass is 9.86. The number of aromatic nitrogens is 1. The molecular weight excluding hydrogens is 290 g/mol. The Labute approximate surface area is 134 Å². The van der Waals surface area contributed by atoms with Crippen molar-refractivity contribution >= 4 is 11.7 Å². The summed E-state index contributed by atoms with van der Waals surface area (Å²) in [5.41, 5.74) is 7.86. The third-order valence-corrected chi connectivity index (χ3v) is 3.80. The van der Waals surface area contributed by atoms with E-state index in [0.29, 0.717) is 18.4 Å².